The van der Waals surface area contributed by atoms with Crippen LogP contribution >= 0.6 is 12.2 Å². The van der Waals surface area contributed by atoms with Crippen LogP contribution < -0.4 is 11.1 Å². The number of likely N-dealkylation sites (N-methyl/N-ethyl adjacent to an activating group) is 1. The highest BCUT2D eigenvalue weighted by Gasteiger charge is 2.44. The van der Waals surface area contributed by atoms with E-state index >= 15 is 0 Å². The average Bonchev–Trinajstić information content (AvgIpc) is 2.43. The molecule has 1 fully saturated rings. The van der Waals surface area contributed by atoms with Gasteiger partial charge in [-0.05, 0) is 33.6 Å². The van der Waals surface area contributed by atoms with Gasteiger partial charge in [0.2, 0.25) is 11.8 Å². The van der Waals surface area contributed by atoms with Crippen LogP contribution in [0.3, 0.4) is 0 Å². The number of amides is 2. The quantitative estimate of drug-likeness (QED) is 0.730. The summed E-state index contributed by atoms with van der Waals surface area (Å²) in [6.45, 7) is 6.21. The van der Waals surface area contributed by atoms with E-state index in [0.29, 0.717) is 19.4 Å². The second-order valence-corrected chi connectivity index (χ2v) is 6.49. The van der Waals surface area contributed by atoms with Crippen LogP contribution in [0, 0.1) is 5.41 Å². The Balaban J connectivity index is 2.84. The lowest BCUT2D eigenvalue weighted by Gasteiger charge is -2.38. The summed E-state index contributed by atoms with van der Waals surface area (Å²) in [5, 5.41) is 2.81. The summed E-state index contributed by atoms with van der Waals surface area (Å²) >= 11 is 5.18. The Hall–Kier alpha value is -1.17. The molecule has 1 aliphatic carbocycles. The number of carbonyl (C=O) groups is 2. The zero-order valence-corrected chi connectivity index (χ0v) is 14.1. The molecule has 0 aliphatic heterocycles. The van der Waals surface area contributed by atoms with Crippen LogP contribution in [-0.4, -0.2) is 40.8 Å². The molecule has 0 bridgehead atoms. The fourth-order valence-corrected chi connectivity index (χ4v) is 3.18. The Morgan fingerprint density at radius 2 is 1.86 bits per heavy atom. The fourth-order valence-electron chi connectivity index (χ4n) is 2.89. The normalized spacial score (nSPS) is 17.3. The molecule has 3 N–H and O–H groups in total. The van der Waals surface area contributed by atoms with Crippen molar-refractivity contribution >= 4 is 29.0 Å². The van der Waals surface area contributed by atoms with Gasteiger partial charge in [0.25, 0.3) is 0 Å². The summed E-state index contributed by atoms with van der Waals surface area (Å²) in [4.78, 5) is 26.7. The van der Waals surface area contributed by atoms with E-state index in [1.165, 1.54) is 0 Å². The summed E-state index contributed by atoms with van der Waals surface area (Å²) in [5.41, 5.74) is 5.14. The van der Waals surface area contributed by atoms with Crippen molar-refractivity contribution in [2.24, 2.45) is 11.1 Å². The highest BCUT2D eigenvalue weighted by atomic mass is 32.1. The third kappa shape index (κ3) is 4.40. The lowest BCUT2D eigenvalue weighted by atomic mass is 9.73. The Morgan fingerprint density at radius 3 is 2.29 bits per heavy atom. The minimum absolute atomic E-state index is 0.0607. The molecular formula is C15H27N3O2S. The van der Waals surface area contributed by atoms with E-state index in [9.17, 15) is 9.59 Å². The summed E-state index contributed by atoms with van der Waals surface area (Å²) < 4.78 is 0. The molecule has 0 atom stereocenters. The maximum absolute atomic E-state index is 12.9. The molecule has 0 unspecified atom stereocenters. The summed E-state index contributed by atoms with van der Waals surface area (Å²) in [5.74, 6) is -0.231. The van der Waals surface area contributed by atoms with E-state index in [2.05, 4.69) is 5.32 Å². The molecule has 0 heterocycles. The topological polar surface area (TPSA) is 75.4 Å². The van der Waals surface area contributed by atoms with Crippen LogP contribution in [0.25, 0.3) is 0 Å². The summed E-state index contributed by atoms with van der Waals surface area (Å²) in [6, 6.07) is 0.0607. The standard InChI is InChI=1S/C15H27N3O2S/c1-4-18(10-12(19)17-11(2)3)14(20)15(13(16)21)8-6-5-7-9-15/h11H,4-10H2,1-3H3,(H2,16,21)(H,17,19). The third-order valence-corrected chi connectivity index (χ3v) is 4.43. The zero-order valence-electron chi connectivity index (χ0n) is 13.3. The highest BCUT2D eigenvalue weighted by molar-refractivity contribution is 7.80. The van der Waals surface area contributed by atoms with Gasteiger partial charge in [-0.3, -0.25) is 9.59 Å². The molecule has 5 nitrogen and oxygen atoms in total. The number of thiocarbonyl (C=S) groups is 1. The number of nitrogens with one attached hydrogen (secondary N) is 1. The van der Waals surface area contributed by atoms with Crippen molar-refractivity contribution in [3.05, 3.63) is 0 Å². The molecule has 0 radical (unpaired) electrons. The van der Waals surface area contributed by atoms with Crippen LogP contribution in [0.15, 0.2) is 0 Å². The van der Waals surface area contributed by atoms with Gasteiger partial charge in [-0.2, -0.15) is 0 Å². The van der Waals surface area contributed by atoms with Crippen molar-refractivity contribution in [2.45, 2.75) is 58.9 Å². The number of hydrogen-bond donors (Lipinski definition) is 2. The maximum Gasteiger partial charge on any atom is 0.239 e. The summed E-state index contributed by atoms with van der Waals surface area (Å²) in [6.07, 6.45) is 4.42. The average molecular weight is 313 g/mol. The molecule has 0 spiro atoms. The number of nitrogens with two attached hydrogens (primary N) is 1. The van der Waals surface area contributed by atoms with Crippen LogP contribution in [0.1, 0.15) is 52.9 Å². The first-order chi connectivity index (χ1) is 9.83. The van der Waals surface area contributed by atoms with Gasteiger partial charge in [-0.15, -0.1) is 0 Å². The second kappa shape index (κ2) is 7.73. The number of carbonyl (C=O) groups excluding carboxylic acids is 2. The summed E-state index contributed by atoms with van der Waals surface area (Å²) in [7, 11) is 0. The Labute approximate surface area is 132 Å². The highest BCUT2D eigenvalue weighted by Crippen LogP contribution is 2.38. The van der Waals surface area contributed by atoms with Crippen molar-refractivity contribution < 1.29 is 9.59 Å². The minimum Gasteiger partial charge on any atom is -0.392 e. The molecule has 21 heavy (non-hydrogen) atoms. The van der Waals surface area contributed by atoms with Crippen molar-refractivity contribution in [2.75, 3.05) is 13.1 Å². The third-order valence-electron chi connectivity index (χ3n) is 4.04. The van der Waals surface area contributed by atoms with Gasteiger partial charge in [-0.1, -0.05) is 31.5 Å². The SMILES string of the molecule is CCN(CC(=O)NC(C)C)C(=O)C1(C(N)=S)CCCCC1. The van der Waals surface area contributed by atoms with Crippen LogP contribution in [0.4, 0.5) is 0 Å². The molecule has 6 heteroatoms. The monoisotopic (exact) mass is 313 g/mol. The second-order valence-electron chi connectivity index (χ2n) is 6.05. The lowest BCUT2D eigenvalue weighted by Crippen LogP contribution is -2.53. The van der Waals surface area contributed by atoms with Gasteiger partial charge in [0, 0.05) is 12.6 Å². The van der Waals surface area contributed by atoms with Crippen LogP contribution in [-0.2, 0) is 9.59 Å². The molecule has 2 amide bonds. The van der Waals surface area contributed by atoms with Crippen molar-refractivity contribution in [3.8, 4) is 0 Å². The van der Waals surface area contributed by atoms with Gasteiger partial charge >= 0.3 is 0 Å². The maximum atomic E-state index is 12.9. The van der Waals surface area contributed by atoms with Gasteiger partial charge < -0.3 is 16.0 Å². The first kappa shape index (κ1) is 17.9. The zero-order chi connectivity index (χ0) is 16.0. The van der Waals surface area contributed by atoms with Crippen molar-refractivity contribution in [1.29, 1.82) is 0 Å². The molecule has 0 aromatic heterocycles. The largest absolute Gasteiger partial charge is 0.392 e. The Kier molecular flexibility index (Phi) is 6.58. The minimum atomic E-state index is -0.748. The predicted molar refractivity (Wildman–Crippen MR) is 87.8 cm³/mol. The van der Waals surface area contributed by atoms with E-state index in [1.807, 2.05) is 20.8 Å². The Morgan fingerprint density at radius 1 is 1.29 bits per heavy atom. The molecule has 1 rings (SSSR count). The van der Waals surface area contributed by atoms with Gasteiger partial charge in [0.15, 0.2) is 0 Å². The predicted octanol–water partition coefficient (Wildman–Crippen LogP) is 1.60. The molecule has 1 saturated carbocycles. The lowest BCUT2D eigenvalue weighted by molar-refractivity contribution is -0.142. The first-order valence-corrected chi connectivity index (χ1v) is 8.13. The van der Waals surface area contributed by atoms with E-state index in [-0.39, 0.29) is 29.4 Å². The Bertz CT molecular complexity index is 404. The van der Waals surface area contributed by atoms with Crippen molar-refractivity contribution in [1.82, 2.24) is 10.2 Å². The molecular weight excluding hydrogens is 286 g/mol. The number of rotatable bonds is 6. The molecule has 0 aromatic rings. The van der Waals surface area contributed by atoms with Gasteiger partial charge in [-0.25, -0.2) is 0 Å². The van der Waals surface area contributed by atoms with Crippen molar-refractivity contribution in [3.63, 3.8) is 0 Å². The number of hydrogen-bond acceptors (Lipinski definition) is 3. The molecule has 120 valence electrons. The van der Waals surface area contributed by atoms with E-state index in [4.69, 9.17) is 18.0 Å². The van der Waals surface area contributed by atoms with Crippen LogP contribution in [0.2, 0.25) is 0 Å². The van der Waals surface area contributed by atoms with E-state index < -0.39 is 5.41 Å². The smallest absolute Gasteiger partial charge is 0.239 e. The molecule has 0 aromatic carbocycles. The van der Waals surface area contributed by atoms with E-state index in [1.54, 1.807) is 4.90 Å². The number of nitrogens with zero attached hydrogens (tertiary/aromatic N) is 1. The van der Waals surface area contributed by atoms with Gasteiger partial charge in [0.1, 0.15) is 0 Å². The van der Waals surface area contributed by atoms with Crippen LogP contribution in [0.5, 0.6) is 0 Å². The first-order valence-electron chi connectivity index (χ1n) is 7.72. The molecule has 0 saturated heterocycles. The van der Waals surface area contributed by atoms with E-state index in [0.717, 1.165) is 19.3 Å². The van der Waals surface area contributed by atoms with Gasteiger partial charge in [0.05, 0.1) is 16.9 Å². The molecule has 1 aliphatic rings. The fraction of sp³-hybridized carbons (Fsp3) is 0.800.